The number of rotatable bonds is 8. The van der Waals surface area contributed by atoms with E-state index in [1.807, 2.05) is 42.5 Å². The maximum atomic E-state index is 14.2. The molecule has 0 aromatic heterocycles. The van der Waals surface area contributed by atoms with Crippen LogP contribution in [-0.2, 0) is 29.1 Å². The smallest absolute Gasteiger partial charge is 0.333 e. The lowest BCUT2D eigenvalue weighted by Crippen LogP contribution is -2.66. The number of piperazine rings is 1. The first-order valence-electron chi connectivity index (χ1n) is 14.9. The van der Waals surface area contributed by atoms with E-state index < -0.39 is 18.2 Å². The minimum Gasteiger partial charge on any atom is -0.504 e. The predicted octanol–water partition coefficient (Wildman–Crippen LogP) is 4.74. The van der Waals surface area contributed by atoms with Crippen LogP contribution in [0.15, 0.2) is 78.9 Å². The molecule has 3 N–H and O–H groups in total. The van der Waals surface area contributed by atoms with E-state index in [0.29, 0.717) is 21.2 Å². The molecule has 2 aliphatic heterocycles. The van der Waals surface area contributed by atoms with E-state index in [9.17, 15) is 24.6 Å². The van der Waals surface area contributed by atoms with Crippen molar-refractivity contribution in [1.29, 1.82) is 0 Å². The Morgan fingerprint density at radius 1 is 0.957 bits per heavy atom. The highest BCUT2D eigenvalue weighted by Crippen LogP contribution is 2.33. The number of amides is 4. The van der Waals surface area contributed by atoms with Gasteiger partial charge in [-0.25, -0.2) is 9.80 Å². The van der Waals surface area contributed by atoms with Gasteiger partial charge in [0, 0.05) is 19.5 Å². The fourth-order valence-corrected chi connectivity index (χ4v) is 6.55. The number of phenolic OH excluding ortho intramolecular Hbond substituents is 2. The molecule has 0 aliphatic carbocycles. The minimum absolute atomic E-state index is 0.0768. The topological polar surface area (TPSA) is 117 Å². The molecular weight excluding hydrogens is 641 g/mol. The number of urea groups is 1. The van der Waals surface area contributed by atoms with Crippen LogP contribution in [0.3, 0.4) is 0 Å². The van der Waals surface area contributed by atoms with Gasteiger partial charge in [0.25, 0.3) is 0 Å². The van der Waals surface area contributed by atoms with Crippen LogP contribution in [0.25, 0.3) is 10.8 Å². The van der Waals surface area contributed by atoms with Crippen molar-refractivity contribution >= 4 is 51.8 Å². The summed E-state index contributed by atoms with van der Waals surface area (Å²) in [4.78, 5) is 44.7. The van der Waals surface area contributed by atoms with Crippen molar-refractivity contribution in [2.75, 3.05) is 19.6 Å². The van der Waals surface area contributed by atoms with Gasteiger partial charge >= 0.3 is 6.03 Å². The average molecular weight is 673 g/mol. The number of hydrogen-bond acceptors (Lipinski definition) is 6. The Hall–Kier alpha value is -4.95. The van der Waals surface area contributed by atoms with Crippen LogP contribution in [0.5, 0.6) is 11.5 Å². The van der Waals surface area contributed by atoms with E-state index in [-0.39, 0.29) is 62.5 Å². The zero-order chi connectivity index (χ0) is 33.2. The molecule has 4 aromatic carbocycles. The SMILES string of the molecule is C#CCN(C(=O)NCc1ccc(Cl)c(Cl)c1)N1CC(=O)N2[C@@H](Cc3ccc(O)c(O)c3)C(=O)N(Cc3cccc4ccccc34)C[C@@H]21. The molecule has 4 amide bonds. The monoisotopic (exact) mass is 671 g/mol. The van der Waals surface area contributed by atoms with Crippen LogP contribution in [0.2, 0.25) is 10.0 Å². The number of hydrazine groups is 1. The largest absolute Gasteiger partial charge is 0.504 e. The zero-order valence-electron chi connectivity index (χ0n) is 25.1. The summed E-state index contributed by atoms with van der Waals surface area (Å²) in [5.74, 6) is 1.27. The number of carbonyl (C=O) groups excluding carboxylic acids is 3. The number of phenols is 2. The van der Waals surface area contributed by atoms with Gasteiger partial charge in [0.1, 0.15) is 12.2 Å². The summed E-state index contributed by atoms with van der Waals surface area (Å²) >= 11 is 12.2. The van der Waals surface area contributed by atoms with Crippen molar-refractivity contribution in [2.45, 2.75) is 31.7 Å². The van der Waals surface area contributed by atoms with Crippen molar-refractivity contribution in [3.8, 4) is 23.8 Å². The highest BCUT2D eigenvalue weighted by atomic mass is 35.5. The summed E-state index contributed by atoms with van der Waals surface area (Å²) in [7, 11) is 0. The van der Waals surface area contributed by atoms with Gasteiger partial charge in [0.2, 0.25) is 11.8 Å². The van der Waals surface area contributed by atoms with E-state index in [4.69, 9.17) is 29.6 Å². The third-order valence-corrected chi connectivity index (χ3v) is 9.23. The standard InChI is InChI=1S/C35H31Cl2N5O5/c1-2-14-40(35(47)38-18-23-10-12-27(36)28(37)15-23)41-21-33(45)42-29(16-22-11-13-30(43)31(44)17-22)34(46)39(20-32(41)42)19-25-8-5-7-24-6-3-4-9-26(24)25/h1,3-13,15,17,29,32,43-44H,14,16,18-21H2,(H,38,47)/t29-,32+/m0/s1. The molecule has 0 bridgehead atoms. The van der Waals surface area contributed by atoms with Crippen LogP contribution in [-0.4, -0.2) is 79.7 Å². The molecule has 2 aliphatic rings. The van der Waals surface area contributed by atoms with E-state index in [1.165, 1.54) is 22.0 Å². The third kappa shape index (κ3) is 6.51. The molecule has 2 atom stereocenters. The second kappa shape index (κ2) is 13.4. The first-order valence-corrected chi connectivity index (χ1v) is 15.7. The van der Waals surface area contributed by atoms with Crippen molar-refractivity contribution in [1.82, 2.24) is 25.1 Å². The predicted molar refractivity (Wildman–Crippen MR) is 178 cm³/mol. The number of benzene rings is 4. The molecule has 2 heterocycles. The molecule has 2 fully saturated rings. The third-order valence-electron chi connectivity index (χ3n) is 8.49. The molecule has 0 saturated carbocycles. The number of hydrogen-bond donors (Lipinski definition) is 3. The Morgan fingerprint density at radius 3 is 2.49 bits per heavy atom. The van der Waals surface area contributed by atoms with Crippen LogP contribution in [0.4, 0.5) is 4.79 Å². The Bertz CT molecular complexity index is 1910. The number of halogens is 2. The normalized spacial score (nSPS) is 17.9. The van der Waals surface area contributed by atoms with E-state index in [0.717, 1.165) is 16.3 Å². The molecule has 12 heteroatoms. The maximum Gasteiger partial charge on any atom is 0.333 e. The van der Waals surface area contributed by atoms with Gasteiger partial charge in [-0.2, -0.15) is 5.01 Å². The van der Waals surface area contributed by atoms with Gasteiger partial charge in [0.05, 0.1) is 29.7 Å². The molecule has 2 saturated heterocycles. The van der Waals surface area contributed by atoms with E-state index in [1.54, 1.807) is 34.2 Å². The number of nitrogens with one attached hydrogen (secondary N) is 1. The van der Waals surface area contributed by atoms with Crippen molar-refractivity contribution in [3.63, 3.8) is 0 Å². The fourth-order valence-electron chi connectivity index (χ4n) is 6.23. The van der Waals surface area contributed by atoms with E-state index >= 15 is 0 Å². The summed E-state index contributed by atoms with van der Waals surface area (Å²) in [6.07, 6.45) is 5.07. The number of fused-ring (bicyclic) bond motifs is 2. The lowest BCUT2D eigenvalue weighted by molar-refractivity contribution is -0.157. The van der Waals surface area contributed by atoms with Gasteiger partial charge in [-0.05, 0) is 51.7 Å². The second-order valence-electron chi connectivity index (χ2n) is 11.4. The van der Waals surface area contributed by atoms with Gasteiger partial charge in [-0.1, -0.05) is 83.7 Å². The number of aromatic hydroxyl groups is 2. The summed E-state index contributed by atoms with van der Waals surface area (Å²) in [5.41, 5.74) is 2.20. The van der Waals surface area contributed by atoms with Crippen LogP contribution < -0.4 is 5.32 Å². The highest BCUT2D eigenvalue weighted by Gasteiger charge is 2.52. The zero-order valence-corrected chi connectivity index (χ0v) is 26.7. The van der Waals surface area contributed by atoms with Gasteiger partial charge in [-0.15, -0.1) is 6.42 Å². The van der Waals surface area contributed by atoms with Gasteiger partial charge in [0.15, 0.2) is 11.5 Å². The summed E-state index contributed by atoms with van der Waals surface area (Å²) < 4.78 is 0. The fraction of sp³-hybridized carbons (Fsp3) is 0.229. The Kier molecular flexibility index (Phi) is 9.14. The highest BCUT2D eigenvalue weighted by molar-refractivity contribution is 6.42. The number of nitrogens with zero attached hydrogens (tertiary/aromatic N) is 4. The summed E-state index contributed by atoms with van der Waals surface area (Å²) in [5, 5.41) is 28.6. The summed E-state index contributed by atoms with van der Waals surface area (Å²) in [6, 6.07) is 21.7. The van der Waals surface area contributed by atoms with Crippen LogP contribution in [0, 0.1) is 12.3 Å². The molecule has 0 radical (unpaired) electrons. The number of carbonyl (C=O) groups is 3. The lowest BCUT2D eigenvalue weighted by Gasteiger charge is -2.46. The van der Waals surface area contributed by atoms with Gasteiger partial charge in [-0.3, -0.25) is 9.59 Å². The Labute approximate surface area is 281 Å². The molecule has 0 unspecified atom stereocenters. The molecule has 6 rings (SSSR count). The lowest BCUT2D eigenvalue weighted by atomic mass is 9.98. The molecule has 47 heavy (non-hydrogen) atoms. The number of terminal acetylenes is 1. The van der Waals surface area contributed by atoms with Crippen molar-refractivity contribution in [2.24, 2.45) is 0 Å². The molecule has 240 valence electrons. The van der Waals surface area contributed by atoms with Crippen molar-refractivity contribution < 1.29 is 24.6 Å². The van der Waals surface area contributed by atoms with Crippen LogP contribution >= 0.6 is 23.2 Å². The molecule has 0 spiro atoms. The quantitative estimate of drug-likeness (QED) is 0.184. The van der Waals surface area contributed by atoms with E-state index in [2.05, 4.69) is 11.2 Å². The van der Waals surface area contributed by atoms with Crippen molar-refractivity contribution in [3.05, 3.63) is 106 Å². The molecule has 4 aromatic rings. The first kappa shape index (κ1) is 32.0. The Balaban J connectivity index is 1.32. The Morgan fingerprint density at radius 2 is 1.72 bits per heavy atom. The summed E-state index contributed by atoms with van der Waals surface area (Å²) in [6.45, 7) is 0.207. The minimum atomic E-state index is -0.947. The maximum absolute atomic E-state index is 14.2. The first-order chi connectivity index (χ1) is 22.6. The van der Waals surface area contributed by atoms with Crippen LogP contribution in [0.1, 0.15) is 16.7 Å². The van der Waals surface area contributed by atoms with Gasteiger partial charge < -0.3 is 25.3 Å². The average Bonchev–Trinajstić information content (AvgIpc) is 3.38. The molecular formula is C35H31Cl2N5O5. The molecule has 10 nitrogen and oxygen atoms in total. The second-order valence-corrected chi connectivity index (χ2v) is 12.3.